The zero-order valence-electron chi connectivity index (χ0n) is 17.0. The highest BCUT2D eigenvalue weighted by molar-refractivity contribution is 5.77. The van der Waals surface area contributed by atoms with Crippen molar-refractivity contribution in [3.05, 3.63) is 76.3 Å². The van der Waals surface area contributed by atoms with E-state index in [0.29, 0.717) is 42.9 Å². The van der Waals surface area contributed by atoms with Gasteiger partial charge in [0.1, 0.15) is 5.82 Å². The third-order valence-corrected chi connectivity index (χ3v) is 5.46. The van der Waals surface area contributed by atoms with E-state index in [1.807, 2.05) is 41.3 Å². The molecule has 156 valence electrons. The molecule has 2 aromatic carbocycles. The summed E-state index contributed by atoms with van der Waals surface area (Å²) in [4.78, 5) is 36.1. The maximum absolute atomic E-state index is 12.4. The van der Waals surface area contributed by atoms with Crippen LogP contribution in [0.15, 0.2) is 59.4 Å². The molecular formula is C23H27N5O2. The summed E-state index contributed by atoms with van der Waals surface area (Å²) in [5.74, 6) is 0.664. The summed E-state index contributed by atoms with van der Waals surface area (Å²) in [6.07, 6.45) is 1.89. The van der Waals surface area contributed by atoms with Gasteiger partial charge in [-0.25, -0.2) is 9.78 Å². The fourth-order valence-electron chi connectivity index (χ4n) is 3.77. The maximum Gasteiger partial charge on any atom is 0.317 e. The number of aromatic amines is 1. The van der Waals surface area contributed by atoms with E-state index in [0.717, 1.165) is 25.9 Å². The van der Waals surface area contributed by atoms with Crippen LogP contribution in [0.1, 0.15) is 17.8 Å². The lowest BCUT2D eigenvalue weighted by Gasteiger charge is -2.34. The van der Waals surface area contributed by atoms with Crippen LogP contribution in [0, 0.1) is 0 Å². The molecule has 0 saturated carbocycles. The van der Waals surface area contributed by atoms with Crippen molar-refractivity contribution < 1.29 is 4.79 Å². The minimum Gasteiger partial charge on any atom is -0.338 e. The highest BCUT2D eigenvalue weighted by atomic mass is 16.2. The van der Waals surface area contributed by atoms with E-state index in [-0.39, 0.29) is 11.6 Å². The highest BCUT2D eigenvalue weighted by Gasteiger charge is 2.21. The fraction of sp³-hybridized carbons (Fsp3) is 0.348. The first-order valence-electron chi connectivity index (χ1n) is 10.5. The third kappa shape index (κ3) is 5.04. The largest absolute Gasteiger partial charge is 0.338 e. The van der Waals surface area contributed by atoms with E-state index < -0.39 is 0 Å². The summed E-state index contributed by atoms with van der Waals surface area (Å²) in [5.41, 5.74) is 1.90. The van der Waals surface area contributed by atoms with Crippen molar-refractivity contribution in [2.75, 3.05) is 32.7 Å². The zero-order valence-corrected chi connectivity index (χ0v) is 17.0. The molecule has 1 aliphatic heterocycles. The van der Waals surface area contributed by atoms with E-state index in [9.17, 15) is 9.59 Å². The van der Waals surface area contributed by atoms with Crippen LogP contribution in [0.5, 0.6) is 0 Å². The molecule has 30 heavy (non-hydrogen) atoms. The maximum atomic E-state index is 12.4. The molecule has 1 saturated heterocycles. The van der Waals surface area contributed by atoms with Crippen molar-refractivity contribution in [1.29, 1.82) is 0 Å². The number of amides is 2. The molecule has 0 aliphatic carbocycles. The number of aryl methyl sites for hydroxylation is 1. The van der Waals surface area contributed by atoms with E-state index in [1.165, 1.54) is 5.56 Å². The number of carbonyl (C=O) groups is 1. The van der Waals surface area contributed by atoms with Crippen molar-refractivity contribution in [2.24, 2.45) is 0 Å². The second-order valence-corrected chi connectivity index (χ2v) is 7.61. The average Bonchev–Trinajstić information content (AvgIpc) is 2.78. The molecule has 1 aromatic heterocycles. The third-order valence-electron chi connectivity index (χ3n) is 5.46. The van der Waals surface area contributed by atoms with Crippen LogP contribution in [0.4, 0.5) is 4.79 Å². The number of carbonyl (C=O) groups excluding carboxylic acids is 1. The van der Waals surface area contributed by atoms with E-state index in [2.05, 4.69) is 32.3 Å². The molecule has 2 N–H and O–H groups in total. The molecule has 0 bridgehead atoms. The first kappa shape index (κ1) is 20.1. The number of hydrogen-bond donors (Lipinski definition) is 2. The van der Waals surface area contributed by atoms with Crippen LogP contribution in [0.25, 0.3) is 10.9 Å². The van der Waals surface area contributed by atoms with Gasteiger partial charge in [0.25, 0.3) is 5.56 Å². The Bertz CT molecular complexity index is 1040. The number of para-hydroxylation sites is 1. The van der Waals surface area contributed by atoms with Gasteiger partial charge in [0.15, 0.2) is 0 Å². The Kier molecular flexibility index (Phi) is 6.39. The second-order valence-electron chi connectivity index (χ2n) is 7.61. The Morgan fingerprint density at radius 2 is 1.73 bits per heavy atom. The van der Waals surface area contributed by atoms with Gasteiger partial charge in [0.05, 0.1) is 17.4 Å². The highest BCUT2D eigenvalue weighted by Crippen LogP contribution is 2.09. The van der Waals surface area contributed by atoms with Crippen LogP contribution in [0.3, 0.4) is 0 Å². The summed E-state index contributed by atoms with van der Waals surface area (Å²) in [5, 5.41) is 3.63. The number of nitrogens with one attached hydrogen (secondary N) is 2. The van der Waals surface area contributed by atoms with Gasteiger partial charge in [-0.3, -0.25) is 9.69 Å². The van der Waals surface area contributed by atoms with Gasteiger partial charge in [-0.05, 0) is 30.5 Å². The molecule has 1 fully saturated rings. The predicted octanol–water partition coefficient (Wildman–Crippen LogP) is 2.38. The lowest BCUT2D eigenvalue weighted by Crippen LogP contribution is -2.51. The van der Waals surface area contributed by atoms with Crippen LogP contribution in [-0.4, -0.2) is 58.5 Å². The van der Waals surface area contributed by atoms with Gasteiger partial charge in [0, 0.05) is 32.7 Å². The first-order valence-corrected chi connectivity index (χ1v) is 10.5. The monoisotopic (exact) mass is 405 g/mol. The summed E-state index contributed by atoms with van der Waals surface area (Å²) in [6.45, 7) is 4.11. The molecule has 3 aromatic rings. The Labute approximate surface area is 175 Å². The Morgan fingerprint density at radius 1 is 1.00 bits per heavy atom. The molecule has 1 aliphatic rings. The first-order chi connectivity index (χ1) is 14.7. The van der Waals surface area contributed by atoms with E-state index in [1.54, 1.807) is 6.07 Å². The van der Waals surface area contributed by atoms with Gasteiger partial charge >= 0.3 is 6.03 Å². The van der Waals surface area contributed by atoms with Crippen molar-refractivity contribution in [3.8, 4) is 0 Å². The number of benzene rings is 2. The minimum atomic E-state index is -0.107. The van der Waals surface area contributed by atoms with Crippen molar-refractivity contribution >= 4 is 16.9 Å². The smallest absolute Gasteiger partial charge is 0.317 e. The van der Waals surface area contributed by atoms with Crippen LogP contribution < -0.4 is 10.9 Å². The van der Waals surface area contributed by atoms with Gasteiger partial charge < -0.3 is 15.2 Å². The van der Waals surface area contributed by atoms with Crippen LogP contribution >= 0.6 is 0 Å². The van der Waals surface area contributed by atoms with Crippen molar-refractivity contribution in [3.63, 3.8) is 0 Å². The number of nitrogens with zero attached hydrogens (tertiary/aromatic N) is 3. The molecule has 0 unspecified atom stereocenters. The molecule has 2 amide bonds. The number of piperazine rings is 1. The second kappa shape index (κ2) is 9.54. The molecular weight excluding hydrogens is 378 g/mol. The average molecular weight is 406 g/mol. The number of rotatable bonds is 6. The topological polar surface area (TPSA) is 81.3 Å². The number of H-pyrrole nitrogens is 1. The lowest BCUT2D eigenvalue weighted by atomic mass is 10.1. The van der Waals surface area contributed by atoms with Crippen molar-refractivity contribution in [2.45, 2.75) is 19.4 Å². The molecule has 0 spiro atoms. The SMILES string of the molecule is O=C(NCCCc1ccccc1)N1CCN(Cc2nc3ccccc3c(=O)[nH]2)CC1. The van der Waals surface area contributed by atoms with E-state index >= 15 is 0 Å². The summed E-state index contributed by atoms with van der Waals surface area (Å²) >= 11 is 0. The lowest BCUT2D eigenvalue weighted by molar-refractivity contribution is 0.133. The molecule has 0 radical (unpaired) electrons. The molecule has 7 nitrogen and oxygen atoms in total. The number of fused-ring (bicyclic) bond motifs is 1. The quantitative estimate of drug-likeness (QED) is 0.617. The Hall–Kier alpha value is -3.19. The van der Waals surface area contributed by atoms with Gasteiger partial charge in [-0.2, -0.15) is 0 Å². The van der Waals surface area contributed by atoms with Gasteiger partial charge in [0.2, 0.25) is 0 Å². The number of hydrogen-bond acceptors (Lipinski definition) is 4. The Balaban J connectivity index is 1.22. The standard InChI is InChI=1S/C23H27N5O2/c29-22-19-10-4-5-11-20(19)25-21(26-22)17-27-13-15-28(16-14-27)23(30)24-12-6-9-18-7-2-1-3-8-18/h1-5,7-8,10-11H,6,9,12-17H2,(H,24,30)(H,25,26,29). The summed E-state index contributed by atoms with van der Waals surface area (Å²) in [7, 11) is 0. The van der Waals surface area contributed by atoms with Gasteiger partial charge in [-0.15, -0.1) is 0 Å². The molecule has 0 atom stereocenters. The zero-order chi connectivity index (χ0) is 20.8. The Morgan fingerprint density at radius 3 is 2.53 bits per heavy atom. The fourth-order valence-corrected chi connectivity index (χ4v) is 3.77. The summed E-state index contributed by atoms with van der Waals surface area (Å²) in [6, 6.07) is 17.7. The molecule has 2 heterocycles. The molecule has 4 rings (SSSR count). The van der Waals surface area contributed by atoms with Crippen LogP contribution in [0.2, 0.25) is 0 Å². The van der Waals surface area contributed by atoms with Crippen LogP contribution in [-0.2, 0) is 13.0 Å². The number of urea groups is 1. The summed E-state index contributed by atoms with van der Waals surface area (Å²) < 4.78 is 0. The van der Waals surface area contributed by atoms with E-state index in [4.69, 9.17) is 0 Å². The molecule has 7 heteroatoms. The normalized spacial score (nSPS) is 14.7. The number of aromatic nitrogens is 2. The predicted molar refractivity (Wildman–Crippen MR) is 117 cm³/mol. The minimum absolute atomic E-state index is 0.0000474. The van der Waals surface area contributed by atoms with Crippen molar-refractivity contribution in [1.82, 2.24) is 25.1 Å². The van der Waals surface area contributed by atoms with Gasteiger partial charge in [-0.1, -0.05) is 42.5 Å².